The summed E-state index contributed by atoms with van der Waals surface area (Å²) in [6, 6.07) is 8.14. The van der Waals surface area contributed by atoms with E-state index in [2.05, 4.69) is 16.2 Å². The van der Waals surface area contributed by atoms with E-state index >= 15 is 0 Å². The highest BCUT2D eigenvalue weighted by Crippen LogP contribution is 2.39. The normalized spacial score (nSPS) is 22.3. The van der Waals surface area contributed by atoms with E-state index in [0.29, 0.717) is 12.5 Å². The molecule has 1 aliphatic heterocycles. The molecule has 0 bridgehead atoms. The number of hydrogen-bond donors (Lipinski definition) is 0. The third-order valence-corrected chi connectivity index (χ3v) is 3.63. The van der Waals surface area contributed by atoms with Crippen LogP contribution in [-0.2, 0) is 6.42 Å². The second kappa shape index (κ2) is 3.83. The molecule has 0 N–H and O–H groups in total. The zero-order chi connectivity index (χ0) is 11.9. The van der Waals surface area contributed by atoms with Crippen molar-refractivity contribution < 1.29 is 9.26 Å². The maximum absolute atomic E-state index is 5.75. The minimum atomic E-state index is 0.194. The van der Waals surface area contributed by atoms with Crippen LogP contribution in [0.1, 0.15) is 42.0 Å². The van der Waals surface area contributed by atoms with Gasteiger partial charge < -0.3 is 9.26 Å². The Morgan fingerprint density at radius 1 is 1.11 bits per heavy atom. The minimum Gasteiger partial charge on any atom is -0.492 e. The van der Waals surface area contributed by atoms with Crippen molar-refractivity contribution in [3.63, 3.8) is 0 Å². The smallest absolute Gasteiger partial charge is 0.233 e. The van der Waals surface area contributed by atoms with Crippen LogP contribution in [0, 0.1) is 0 Å². The van der Waals surface area contributed by atoms with E-state index in [4.69, 9.17) is 9.26 Å². The van der Waals surface area contributed by atoms with Crippen LogP contribution in [0.25, 0.3) is 0 Å². The molecule has 2 aromatic rings. The Morgan fingerprint density at radius 2 is 2.00 bits per heavy atom. The molecule has 0 amide bonds. The SMILES string of the molecule is c1ccc2c(c1)CC(c1nc(C3CC3)no1)CO2. The number of rotatable bonds is 2. The van der Waals surface area contributed by atoms with Crippen LogP contribution in [0.15, 0.2) is 28.8 Å². The van der Waals surface area contributed by atoms with Gasteiger partial charge in [-0.25, -0.2) is 0 Å². The average molecular weight is 242 g/mol. The fraction of sp³-hybridized carbons (Fsp3) is 0.429. The summed E-state index contributed by atoms with van der Waals surface area (Å²) in [6.07, 6.45) is 3.31. The van der Waals surface area contributed by atoms with Crippen molar-refractivity contribution in [1.82, 2.24) is 10.1 Å². The minimum absolute atomic E-state index is 0.194. The second-order valence-corrected chi connectivity index (χ2v) is 5.08. The van der Waals surface area contributed by atoms with Gasteiger partial charge in [0.05, 0.1) is 5.92 Å². The number of aromatic nitrogens is 2. The van der Waals surface area contributed by atoms with Gasteiger partial charge in [-0.15, -0.1) is 0 Å². The summed E-state index contributed by atoms with van der Waals surface area (Å²) in [6.45, 7) is 0.628. The van der Waals surface area contributed by atoms with E-state index in [-0.39, 0.29) is 5.92 Å². The molecule has 0 saturated heterocycles. The molecule has 1 atom stereocenters. The molecule has 1 unspecified atom stereocenters. The lowest BCUT2D eigenvalue weighted by atomic mass is 9.97. The monoisotopic (exact) mass is 242 g/mol. The van der Waals surface area contributed by atoms with Gasteiger partial charge in [0.15, 0.2) is 5.82 Å². The summed E-state index contributed by atoms with van der Waals surface area (Å²) >= 11 is 0. The molecule has 0 spiro atoms. The first kappa shape index (κ1) is 10.1. The van der Waals surface area contributed by atoms with Gasteiger partial charge in [0.1, 0.15) is 12.4 Å². The van der Waals surface area contributed by atoms with E-state index in [1.165, 1.54) is 18.4 Å². The second-order valence-electron chi connectivity index (χ2n) is 5.08. The fourth-order valence-electron chi connectivity index (χ4n) is 2.41. The van der Waals surface area contributed by atoms with Crippen molar-refractivity contribution in [2.24, 2.45) is 0 Å². The first-order chi connectivity index (χ1) is 8.90. The molecular formula is C14H14N2O2. The summed E-state index contributed by atoms with van der Waals surface area (Å²) < 4.78 is 11.1. The molecular weight excluding hydrogens is 228 g/mol. The predicted octanol–water partition coefficient (Wildman–Crippen LogP) is 2.67. The van der Waals surface area contributed by atoms with E-state index in [0.717, 1.165) is 23.9 Å². The Kier molecular flexibility index (Phi) is 2.15. The fourth-order valence-corrected chi connectivity index (χ4v) is 2.41. The summed E-state index contributed by atoms with van der Waals surface area (Å²) in [7, 11) is 0. The Morgan fingerprint density at radius 3 is 2.89 bits per heavy atom. The molecule has 4 heteroatoms. The third-order valence-electron chi connectivity index (χ3n) is 3.63. The van der Waals surface area contributed by atoms with E-state index < -0.39 is 0 Å². The van der Waals surface area contributed by atoms with Crippen molar-refractivity contribution in [2.45, 2.75) is 31.1 Å². The van der Waals surface area contributed by atoms with Crippen molar-refractivity contribution in [3.8, 4) is 5.75 Å². The lowest BCUT2D eigenvalue weighted by Crippen LogP contribution is -2.19. The molecule has 1 saturated carbocycles. The van der Waals surface area contributed by atoms with Crippen molar-refractivity contribution in [1.29, 1.82) is 0 Å². The number of ether oxygens (including phenoxy) is 1. The topological polar surface area (TPSA) is 48.2 Å². The molecule has 4 rings (SSSR count). The molecule has 18 heavy (non-hydrogen) atoms. The standard InChI is InChI=1S/C14H14N2O2/c1-2-4-12-10(3-1)7-11(8-17-12)14-15-13(16-18-14)9-5-6-9/h1-4,9,11H,5-8H2. The lowest BCUT2D eigenvalue weighted by molar-refractivity contribution is 0.230. The van der Waals surface area contributed by atoms with E-state index in [1.807, 2.05) is 18.2 Å². The molecule has 1 aromatic heterocycles. The van der Waals surface area contributed by atoms with Gasteiger partial charge in [-0.05, 0) is 30.9 Å². The first-order valence-electron chi connectivity index (χ1n) is 6.44. The number of fused-ring (bicyclic) bond motifs is 1. The number of hydrogen-bond acceptors (Lipinski definition) is 4. The van der Waals surface area contributed by atoms with Gasteiger partial charge >= 0.3 is 0 Å². The Labute approximate surface area is 105 Å². The number of benzene rings is 1. The maximum Gasteiger partial charge on any atom is 0.233 e. The van der Waals surface area contributed by atoms with Crippen LogP contribution in [0.4, 0.5) is 0 Å². The van der Waals surface area contributed by atoms with Crippen LogP contribution >= 0.6 is 0 Å². The number of nitrogens with zero attached hydrogens (tertiary/aromatic N) is 2. The Balaban J connectivity index is 1.59. The third kappa shape index (κ3) is 1.68. The molecule has 2 aliphatic rings. The van der Waals surface area contributed by atoms with Crippen LogP contribution in [-0.4, -0.2) is 16.7 Å². The van der Waals surface area contributed by atoms with Gasteiger partial charge in [0.2, 0.25) is 5.89 Å². The molecule has 4 nitrogen and oxygen atoms in total. The van der Waals surface area contributed by atoms with Crippen LogP contribution < -0.4 is 4.74 Å². The zero-order valence-electron chi connectivity index (χ0n) is 10.0. The highest BCUT2D eigenvalue weighted by Gasteiger charge is 2.31. The van der Waals surface area contributed by atoms with Gasteiger partial charge in [-0.1, -0.05) is 23.4 Å². The molecule has 1 aliphatic carbocycles. The Bertz CT molecular complexity index is 575. The summed E-state index contributed by atoms with van der Waals surface area (Å²) in [5.74, 6) is 3.32. The van der Waals surface area contributed by atoms with E-state index in [1.54, 1.807) is 0 Å². The van der Waals surface area contributed by atoms with Crippen LogP contribution in [0.2, 0.25) is 0 Å². The first-order valence-corrected chi connectivity index (χ1v) is 6.44. The molecule has 1 aromatic carbocycles. The largest absolute Gasteiger partial charge is 0.492 e. The highest BCUT2D eigenvalue weighted by atomic mass is 16.5. The summed E-state index contributed by atoms with van der Waals surface area (Å²) in [5, 5.41) is 4.07. The highest BCUT2D eigenvalue weighted by molar-refractivity contribution is 5.36. The molecule has 0 radical (unpaired) electrons. The van der Waals surface area contributed by atoms with Crippen molar-refractivity contribution in [2.75, 3.05) is 6.61 Å². The number of para-hydroxylation sites is 1. The van der Waals surface area contributed by atoms with E-state index in [9.17, 15) is 0 Å². The van der Waals surface area contributed by atoms with Crippen molar-refractivity contribution in [3.05, 3.63) is 41.5 Å². The quantitative estimate of drug-likeness (QED) is 0.812. The lowest BCUT2D eigenvalue weighted by Gasteiger charge is -2.22. The van der Waals surface area contributed by atoms with Crippen LogP contribution in [0.5, 0.6) is 5.75 Å². The van der Waals surface area contributed by atoms with Crippen LogP contribution in [0.3, 0.4) is 0 Å². The predicted molar refractivity (Wildman–Crippen MR) is 64.7 cm³/mol. The Hall–Kier alpha value is -1.84. The molecule has 2 heterocycles. The average Bonchev–Trinajstić information content (AvgIpc) is 3.16. The van der Waals surface area contributed by atoms with Gasteiger partial charge in [0, 0.05) is 5.92 Å². The summed E-state index contributed by atoms with van der Waals surface area (Å²) in [4.78, 5) is 4.51. The zero-order valence-corrected chi connectivity index (χ0v) is 10.0. The molecule has 92 valence electrons. The van der Waals surface area contributed by atoms with Gasteiger partial charge in [-0.2, -0.15) is 4.98 Å². The van der Waals surface area contributed by atoms with Crippen molar-refractivity contribution >= 4 is 0 Å². The summed E-state index contributed by atoms with van der Waals surface area (Å²) in [5.41, 5.74) is 1.22. The molecule has 1 fully saturated rings. The van der Waals surface area contributed by atoms with Gasteiger partial charge in [0.25, 0.3) is 0 Å². The van der Waals surface area contributed by atoms with Gasteiger partial charge in [-0.3, -0.25) is 0 Å². The maximum atomic E-state index is 5.75.